The second kappa shape index (κ2) is 24.7. The van der Waals surface area contributed by atoms with E-state index in [-0.39, 0.29) is 10.8 Å². The van der Waals surface area contributed by atoms with Crippen LogP contribution in [0.5, 0.6) is 0 Å². The Balaban J connectivity index is 0.602. The molecule has 0 fully saturated rings. The van der Waals surface area contributed by atoms with Crippen LogP contribution in [-0.2, 0) is 10.8 Å². The van der Waals surface area contributed by atoms with Gasteiger partial charge in [0.05, 0.1) is 54.6 Å². The minimum absolute atomic E-state index is 0.190. The quantitative estimate of drug-likeness (QED) is 0.136. The van der Waals surface area contributed by atoms with Crippen LogP contribution in [-0.4, -0.2) is 29.9 Å². The number of rotatable bonds is 10. The average Bonchev–Trinajstić information content (AvgIpc) is 1.54. The molecule has 0 radical (unpaired) electrons. The highest BCUT2D eigenvalue weighted by atomic mass is 32.1. The van der Waals surface area contributed by atoms with Crippen molar-refractivity contribution in [3.05, 3.63) is 350 Å². The SMILES string of the molecule is CC1(C)c2ccccc2-c2ccc(-c3nc(-c4ccc(-c5nc6c7ccccc7sc6c6ccccc56)cc4)cc(-c4cccc(-c5cccc(-c6ccc7c(c6)sc6c8ccccc8c(-c8ccc(-c9cc(-c%10c%11c(cc%12ccccc%10%12)-c%10ccccc%10C%11(C)C)nc(-c%10ccccc%10)n9)cc8)nc76)c5)c4)n3)cc21. The molecular formula is C102H66N6S2. The number of aromatic nitrogens is 6. The van der Waals surface area contributed by atoms with Gasteiger partial charge in [0.15, 0.2) is 11.6 Å². The molecule has 22 rings (SSSR count). The summed E-state index contributed by atoms with van der Waals surface area (Å²) in [5.41, 5.74) is 30.0. The summed E-state index contributed by atoms with van der Waals surface area (Å²) in [5, 5.41) is 9.36. The molecule has 0 bridgehead atoms. The van der Waals surface area contributed by atoms with Gasteiger partial charge in [-0.1, -0.05) is 307 Å². The first-order chi connectivity index (χ1) is 54.0. The van der Waals surface area contributed by atoms with Gasteiger partial charge in [-0.15, -0.1) is 22.7 Å². The van der Waals surface area contributed by atoms with E-state index in [4.69, 9.17) is 29.9 Å². The number of hydrogen-bond donors (Lipinski definition) is 0. The van der Waals surface area contributed by atoms with Crippen LogP contribution >= 0.6 is 22.7 Å². The molecule has 8 heteroatoms. The Hall–Kier alpha value is -13.2. The second-order valence-electron chi connectivity index (χ2n) is 30.4. The predicted molar refractivity (Wildman–Crippen MR) is 461 cm³/mol. The molecule has 6 aromatic heterocycles. The molecule has 0 spiro atoms. The topological polar surface area (TPSA) is 77.3 Å². The van der Waals surface area contributed by atoms with E-state index < -0.39 is 0 Å². The highest BCUT2D eigenvalue weighted by Gasteiger charge is 2.40. The van der Waals surface area contributed by atoms with Gasteiger partial charge >= 0.3 is 0 Å². The molecule has 2 aliphatic carbocycles. The van der Waals surface area contributed by atoms with Gasteiger partial charge in [-0.05, 0) is 126 Å². The zero-order chi connectivity index (χ0) is 73.1. The molecule has 110 heavy (non-hydrogen) atoms. The lowest BCUT2D eigenvalue weighted by Gasteiger charge is -2.25. The monoisotopic (exact) mass is 1440 g/mol. The highest BCUT2D eigenvalue weighted by molar-refractivity contribution is 7.27. The lowest BCUT2D eigenvalue weighted by molar-refractivity contribution is 0.660. The molecule has 14 aromatic carbocycles. The lowest BCUT2D eigenvalue weighted by atomic mass is 9.78. The van der Waals surface area contributed by atoms with Crippen LogP contribution in [0.4, 0.5) is 0 Å². The third-order valence-corrected chi connectivity index (χ3v) is 25.6. The van der Waals surface area contributed by atoms with Crippen LogP contribution in [0.3, 0.4) is 0 Å². The normalized spacial score (nSPS) is 13.2. The maximum atomic E-state index is 5.64. The zero-order valence-corrected chi connectivity index (χ0v) is 62.3. The van der Waals surface area contributed by atoms with Gasteiger partial charge in [0, 0.05) is 97.1 Å². The van der Waals surface area contributed by atoms with Gasteiger partial charge in [0.25, 0.3) is 0 Å². The Kier molecular flexibility index (Phi) is 14.3. The van der Waals surface area contributed by atoms with Crippen molar-refractivity contribution in [2.45, 2.75) is 38.5 Å². The van der Waals surface area contributed by atoms with Crippen molar-refractivity contribution in [2.75, 3.05) is 0 Å². The summed E-state index contributed by atoms with van der Waals surface area (Å²) in [6.45, 7) is 9.37. The van der Waals surface area contributed by atoms with Crippen molar-refractivity contribution < 1.29 is 0 Å². The molecule has 2 aliphatic rings. The van der Waals surface area contributed by atoms with Crippen LogP contribution < -0.4 is 0 Å². The van der Waals surface area contributed by atoms with Gasteiger partial charge in [-0.2, -0.15) is 0 Å². The van der Waals surface area contributed by atoms with Gasteiger partial charge in [-0.3, -0.25) is 0 Å². The number of hydrogen-bond acceptors (Lipinski definition) is 8. The summed E-state index contributed by atoms with van der Waals surface area (Å²) in [7, 11) is 0. The summed E-state index contributed by atoms with van der Waals surface area (Å²) >= 11 is 3.63. The van der Waals surface area contributed by atoms with Crippen LogP contribution in [0.2, 0.25) is 0 Å². The number of benzene rings is 14. The number of thiophene rings is 2. The minimum Gasteiger partial charge on any atom is -0.246 e. The molecule has 0 unspecified atom stereocenters. The number of nitrogens with zero attached hydrogens (tertiary/aromatic N) is 6. The van der Waals surface area contributed by atoms with Gasteiger partial charge in [0.1, 0.15) is 0 Å². The molecule has 0 aliphatic heterocycles. The highest BCUT2D eigenvalue weighted by Crippen LogP contribution is 2.56. The third kappa shape index (κ3) is 10.1. The van der Waals surface area contributed by atoms with E-state index in [1.54, 1.807) is 0 Å². The maximum absolute atomic E-state index is 5.64. The molecule has 6 nitrogen and oxygen atoms in total. The zero-order valence-electron chi connectivity index (χ0n) is 60.7. The second-order valence-corrected chi connectivity index (χ2v) is 32.5. The first-order valence-corrected chi connectivity index (χ1v) is 39.3. The van der Waals surface area contributed by atoms with E-state index in [0.717, 1.165) is 128 Å². The Labute approximate surface area is 644 Å². The molecule has 6 heterocycles. The lowest BCUT2D eigenvalue weighted by Crippen LogP contribution is -2.16. The fourth-order valence-electron chi connectivity index (χ4n) is 17.8. The fourth-order valence-corrected chi connectivity index (χ4v) is 20.2. The Morgan fingerprint density at radius 2 is 0.664 bits per heavy atom. The van der Waals surface area contributed by atoms with Crippen LogP contribution in [0.15, 0.2) is 328 Å². The first-order valence-electron chi connectivity index (χ1n) is 37.6. The largest absolute Gasteiger partial charge is 0.246 e. The fraction of sp³-hybridized carbons (Fsp3) is 0.0588. The van der Waals surface area contributed by atoms with Crippen molar-refractivity contribution >= 4 is 95.6 Å². The predicted octanol–water partition coefficient (Wildman–Crippen LogP) is 27.5. The smallest absolute Gasteiger partial charge is 0.160 e. The van der Waals surface area contributed by atoms with E-state index in [1.165, 1.54) is 90.2 Å². The molecule has 0 saturated carbocycles. The summed E-state index contributed by atoms with van der Waals surface area (Å²) in [6.07, 6.45) is 0. The summed E-state index contributed by atoms with van der Waals surface area (Å²) in [4.78, 5) is 32.9. The Morgan fingerprint density at radius 3 is 1.31 bits per heavy atom. The summed E-state index contributed by atoms with van der Waals surface area (Å²) in [6, 6.07) is 119. The van der Waals surface area contributed by atoms with Gasteiger partial charge in [-0.25, -0.2) is 29.9 Å². The van der Waals surface area contributed by atoms with Gasteiger partial charge in [0.2, 0.25) is 0 Å². The average molecular weight is 1440 g/mol. The van der Waals surface area contributed by atoms with Crippen molar-refractivity contribution in [1.82, 2.24) is 29.9 Å². The van der Waals surface area contributed by atoms with E-state index in [1.807, 2.05) is 28.7 Å². The number of fused-ring (bicyclic) bond motifs is 17. The molecule has 0 atom stereocenters. The molecular weight excluding hydrogens is 1370 g/mol. The van der Waals surface area contributed by atoms with Crippen LogP contribution in [0.25, 0.3) is 208 Å². The van der Waals surface area contributed by atoms with Crippen molar-refractivity contribution in [2.24, 2.45) is 0 Å². The minimum atomic E-state index is -0.262. The Bertz CT molecular complexity index is 7270. The van der Waals surface area contributed by atoms with Crippen molar-refractivity contribution in [3.63, 3.8) is 0 Å². The van der Waals surface area contributed by atoms with E-state index >= 15 is 0 Å². The molecule has 516 valence electrons. The summed E-state index contributed by atoms with van der Waals surface area (Å²) < 4.78 is 4.83. The van der Waals surface area contributed by atoms with E-state index in [2.05, 4.69) is 349 Å². The van der Waals surface area contributed by atoms with Crippen LogP contribution in [0, 0.1) is 0 Å². The van der Waals surface area contributed by atoms with E-state index in [9.17, 15) is 0 Å². The maximum Gasteiger partial charge on any atom is 0.160 e. The van der Waals surface area contributed by atoms with E-state index in [0.29, 0.717) is 11.6 Å². The Morgan fingerprint density at radius 1 is 0.236 bits per heavy atom. The molecule has 0 N–H and O–H groups in total. The van der Waals surface area contributed by atoms with Gasteiger partial charge < -0.3 is 0 Å². The number of pyridine rings is 2. The first kappa shape index (κ1) is 64.0. The van der Waals surface area contributed by atoms with Crippen molar-refractivity contribution in [1.29, 1.82) is 0 Å². The van der Waals surface area contributed by atoms with Crippen LogP contribution in [0.1, 0.15) is 49.9 Å². The molecule has 20 aromatic rings. The molecule has 0 amide bonds. The van der Waals surface area contributed by atoms with Crippen molar-refractivity contribution in [3.8, 4) is 135 Å². The third-order valence-electron chi connectivity index (χ3n) is 23.3. The standard InChI is InChI=1S/C102H66N6S2/c1-101(2)82-37-17-14-30-72(82)74-50-49-70(55-84(74)101)100-104-85(59-40-44-61(45-41-59)93-75-32-10-12-34-77(75)97-95(107-93)79-36-16-19-39-89(79)109-97)57-87(105-100)69-28-21-27-66(53-69)64-25-20-26-65(52-64)67-48-51-80-90(56-67)110-98-78-35-13-11-33-76(78)94(108-96(80)98)62-46-42-60(43-47-62)86-58-88(106-99(103-86)63-22-6-5-7-23-63)91-71-29-9-8-24-68(71)54-81-73-31-15-18-38-83(73)102(3,4)92(81)91/h5-58H,1-4H3. The summed E-state index contributed by atoms with van der Waals surface area (Å²) in [5.74, 6) is 1.37. The molecule has 0 saturated heterocycles.